The third-order valence-electron chi connectivity index (χ3n) is 4.90. The number of benzene rings is 1. The van der Waals surface area contributed by atoms with Gasteiger partial charge in [-0.25, -0.2) is 0 Å². The Morgan fingerprint density at radius 3 is 2.48 bits per heavy atom. The highest BCUT2D eigenvalue weighted by Crippen LogP contribution is 2.30. The molecule has 2 aliphatic rings. The average Bonchev–Trinajstić information content (AvgIpc) is 2.51. The van der Waals surface area contributed by atoms with Gasteiger partial charge in [0.15, 0.2) is 0 Å². The molecule has 1 aliphatic heterocycles. The molecule has 1 aromatic rings. The average molecular weight is 315 g/mol. The van der Waals surface area contributed by atoms with E-state index in [0.717, 1.165) is 35.3 Å². The molecular weight excluding hydrogens is 290 g/mol. The highest BCUT2D eigenvalue weighted by molar-refractivity contribution is 6.05. The number of rotatable bonds is 3. The van der Waals surface area contributed by atoms with Crippen LogP contribution in [-0.2, 0) is 9.59 Å². The van der Waals surface area contributed by atoms with Crippen LogP contribution < -0.4 is 16.0 Å². The number of hydrogen-bond acceptors (Lipinski definition) is 3. The van der Waals surface area contributed by atoms with Crippen LogP contribution in [0.4, 0.5) is 11.4 Å². The predicted octanol–water partition coefficient (Wildman–Crippen LogP) is 2.88. The third-order valence-corrected chi connectivity index (χ3v) is 4.90. The number of nitrogens with one attached hydrogen (secondary N) is 3. The summed E-state index contributed by atoms with van der Waals surface area (Å²) in [6.07, 6.45) is 5.90. The second kappa shape index (κ2) is 6.60. The maximum Gasteiger partial charge on any atom is 0.247 e. The van der Waals surface area contributed by atoms with E-state index in [-0.39, 0.29) is 24.3 Å². The van der Waals surface area contributed by atoms with Gasteiger partial charge in [0, 0.05) is 6.04 Å². The summed E-state index contributed by atoms with van der Waals surface area (Å²) in [6.45, 7) is 4.06. The van der Waals surface area contributed by atoms with Crippen molar-refractivity contribution in [3.05, 3.63) is 23.3 Å². The summed E-state index contributed by atoms with van der Waals surface area (Å²) < 4.78 is 0. The molecule has 1 unspecified atom stereocenters. The Bertz CT molecular complexity index is 621. The maximum atomic E-state index is 12.2. The number of amides is 2. The zero-order valence-corrected chi connectivity index (χ0v) is 13.9. The molecule has 1 aromatic carbocycles. The van der Waals surface area contributed by atoms with Crippen molar-refractivity contribution in [2.45, 2.75) is 64.5 Å². The van der Waals surface area contributed by atoms with E-state index in [2.05, 4.69) is 16.0 Å². The van der Waals surface area contributed by atoms with Gasteiger partial charge < -0.3 is 16.0 Å². The number of fused-ring (bicyclic) bond motifs is 1. The number of carbonyl (C=O) groups is 2. The van der Waals surface area contributed by atoms with Gasteiger partial charge in [-0.05, 0) is 49.9 Å². The fourth-order valence-electron chi connectivity index (χ4n) is 3.37. The van der Waals surface area contributed by atoms with Gasteiger partial charge in [0.05, 0.1) is 17.8 Å². The van der Waals surface area contributed by atoms with E-state index >= 15 is 0 Å². The minimum Gasteiger partial charge on any atom is -0.372 e. The molecule has 0 aromatic heterocycles. The number of aryl methyl sites for hydroxylation is 2. The van der Waals surface area contributed by atoms with Crippen LogP contribution in [0.5, 0.6) is 0 Å². The summed E-state index contributed by atoms with van der Waals surface area (Å²) in [7, 11) is 0. The predicted molar refractivity (Wildman–Crippen MR) is 91.6 cm³/mol. The van der Waals surface area contributed by atoms with Crippen molar-refractivity contribution >= 4 is 23.2 Å². The van der Waals surface area contributed by atoms with Crippen molar-refractivity contribution in [1.82, 2.24) is 5.32 Å². The Morgan fingerprint density at radius 2 is 1.78 bits per heavy atom. The zero-order valence-electron chi connectivity index (χ0n) is 13.9. The van der Waals surface area contributed by atoms with Crippen molar-refractivity contribution in [2.24, 2.45) is 0 Å². The monoisotopic (exact) mass is 315 g/mol. The van der Waals surface area contributed by atoms with Gasteiger partial charge in [-0.15, -0.1) is 0 Å². The molecule has 5 nitrogen and oxygen atoms in total. The fraction of sp³-hybridized carbons (Fsp3) is 0.556. The number of anilines is 2. The van der Waals surface area contributed by atoms with Crippen LogP contribution in [0.25, 0.3) is 0 Å². The van der Waals surface area contributed by atoms with Gasteiger partial charge in [-0.3, -0.25) is 9.59 Å². The summed E-state index contributed by atoms with van der Waals surface area (Å²) in [6, 6.07) is 3.76. The molecule has 3 rings (SSSR count). The van der Waals surface area contributed by atoms with E-state index in [4.69, 9.17) is 0 Å². The summed E-state index contributed by atoms with van der Waals surface area (Å²) in [5.41, 5.74) is 3.99. The van der Waals surface area contributed by atoms with Crippen LogP contribution in [0.1, 0.15) is 49.7 Å². The SMILES string of the molecule is Cc1cc2c(cc1C)NC(CC(=O)NC1CCCCC1)C(=O)N2. The van der Waals surface area contributed by atoms with Gasteiger partial charge in [-0.2, -0.15) is 0 Å². The van der Waals surface area contributed by atoms with Crippen molar-refractivity contribution in [1.29, 1.82) is 0 Å². The van der Waals surface area contributed by atoms with Gasteiger partial charge >= 0.3 is 0 Å². The molecule has 0 radical (unpaired) electrons. The van der Waals surface area contributed by atoms with Crippen LogP contribution >= 0.6 is 0 Å². The second-order valence-electron chi connectivity index (χ2n) is 6.77. The van der Waals surface area contributed by atoms with E-state index in [1.807, 2.05) is 26.0 Å². The summed E-state index contributed by atoms with van der Waals surface area (Å²) in [5, 5.41) is 9.19. The Kier molecular flexibility index (Phi) is 4.55. The highest BCUT2D eigenvalue weighted by atomic mass is 16.2. The van der Waals surface area contributed by atoms with Crippen LogP contribution in [0, 0.1) is 13.8 Å². The topological polar surface area (TPSA) is 70.2 Å². The van der Waals surface area contributed by atoms with Crippen molar-refractivity contribution in [2.75, 3.05) is 10.6 Å². The molecule has 1 heterocycles. The lowest BCUT2D eigenvalue weighted by molar-refractivity contribution is -0.125. The first-order chi connectivity index (χ1) is 11.0. The smallest absolute Gasteiger partial charge is 0.247 e. The van der Waals surface area contributed by atoms with Crippen LogP contribution in [0.3, 0.4) is 0 Å². The Morgan fingerprint density at radius 1 is 1.13 bits per heavy atom. The first-order valence-electron chi connectivity index (χ1n) is 8.51. The number of hydrogen-bond donors (Lipinski definition) is 3. The lowest BCUT2D eigenvalue weighted by Gasteiger charge is -2.28. The standard InChI is InChI=1S/C18H25N3O2/c1-11-8-14-15(9-12(11)2)21-18(23)16(20-14)10-17(22)19-13-6-4-3-5-7-13/h8-9,13,16,20H,3-7,10H2,1-2H3,(H,19,22)(H,21,23). The Balaban J connectivity index is 1.63. The first kappa shape index (κ1) is 15.8. The third kappa shape index (κ3) is 3.66. The minimum absolute atomic E-state index is 0.0446. The molecule has 3 N–H and O–H groups in total. The fourth-order valence-corrected chi connectivity index (χ4v) is 3.37. The first-order valence-corrected chi connectivity index (χ1v) is 8.51. The molecule has 1 atom stereocenters. The molecule has 0 bridgehead atoms. The van der Waals surface area contributed by atoms with Gasteiger partial charge in [-0.1, -0.05) is 19.3 Å². The molecule has 1 fully saturated rings. The van der Waals surface area contributed by atoms with Gasteiger partial charge in [0.1, 0.15) is 6.04 Å². The normalized spacial score (nSPS) is 21.1. The maximum absolute atomic E-state index is 12.2. The van der Waals surface area contributed by atoms with Crippen molar-refractivity contribution in [3.63, 3.8) is 0 Å². The molecule has 5 heteroatoms. The molecule has 124 valence electrons. The van der Waals surface area contributed by atoms with E-state index in [1.165, 1.54) is 19.3 Å². The van der Waals surface area contributed by atoms with Crippen LogP contribution in [0.15, 0.2) is 12.1 Å². The molecule has 1 saturated carbocycles. The lowest BCUT2D eigenvalue weighted by atomic mass is 9.95. The van der Waals surface area contributed by atoms with Gasteiger partial charge in [0.2, 0.25) is 11.8 Å². The molecule has 2 amide bonds. The quantitative estimate of drug-likeness (QED) is 0.803. The summed E-state index contributed by atoms with van der Waals surface area (Å²) in [4.78, 5) is 24.5. The van der Waals surface area contributed by atoms with Crippen LogP contribution in [-0.4, -0.2) is 23.9 Å². The minimum atomic E-state index is -0.506. The highest BCUT2D eigenvalue weighted by Gasteiger charge is 2.28. The second-order valence-corrected chi connectivity index (χ2v) is 6.77. The summed E-state index contributed by atoms with van der Waals surface area (Å²) in [5.74, 6) is -0.184. The van der Waals surface area contributed by atoms with Crippen molar-refractivity contribution in [3.8, 4) is 0 Å². The van der Waals surface area contributed by atoms with Crippen LogP contribution in [0.2, 0.25) is 0 Å². The molecular formula is C18H25N3O2. The molecule has 0 spiro atoms. The van der Waals surface area contributed by atoms with E-state index in [0.29, 0.717) is 0 Å². The lowest BCUT2D eigenvalue weighted by Crippen LogP contribution is -2.44. The summed E-state index contributed by atoms with van der Waals surface area (Å²) >= 11 is 0. The molecule has 1 aliphatic carbocycles. The Hall–Kier alpha value is -2.04. The largest absolute Gasteiger partial charge is 0.372 e. The van der Waals surface area contributed by atoms with E-state index < -0.39 is 6.04 Å². The molecule has 23 heavy (non-hydrogen) atoms. The van der Waals surface area contributed by atoms with Gasteiger partial charge in [0.25, 0.3) is 0 Å². The molecule has 0 saturated heterocycles. The Labute approximate surface area is 137 Å². The van der Waals surface area contributed by atoms with Crippen molar-refractivity contribution < 1.29 is 9.59 Å². The van der Waals surface area contributed by atoms with E-state index in [9.17, 15) is 9.59 Å². The zero-order chi connectivity index (χ0) is 16.4. The number of carbonyl (C=O) groups excluding carboxylic acids is 2. The van der Waals surface area contributed by atoms with E-state index in [1.54, 1.807) is 0 Å².